The van der Waals surface area contributed by atoms with Gasteiger partial charge in [0.1, 0.15) is 0 Å². The quantitative estimate of drug-likeness (QED) is 0.660. The Balaban J connectivity index is 2.42. The fourth-order valence-electron chi connectivity index (χ4n) is 2.86. The fraction of sp³-hybridized carbons (Fsp3) is 0.500. The summed E-state index contributed by atoms with van der Waals surface area (Å²) in [4.78, 5) is 25.0. The third-order valence-electron chi connectivity index (χ3n) is 3.76. The predicted molar refractivity (Wildman–Crippen MR) is 77.8 cm³/mol. The number of benzene rings is 1. The van der Waals surface area contributed by atoms with E-state index in [2.05, 4.69) is 5.32 Å². The number of ether oxygens (including phenoxy) is 2. The highest BCUT2D eigenvalue weighted by Gasteiger charge is 2.58. The van der Waals surface area contributed by atoms with Gasteiger partial charge >= 0.3 is 11.9 Å². The standard InChI is InChI=1S/C16H21NO4/c1-3-20-14(18)16(15(19)21-4-2)13(10-11-17-16)12-8-6-5-7-9-12/h5-9,13,17H,3-4,10-11H2,1-2H3. The van der Waals surface area contributed by atoms with E-state index in [4.69, 9.17) is 9.47 Å². The summed E-state index contributed by atoms with van der Waals surface area (Å²) >= 11 is 0. The molecule has 114 valence electrons. The summed E-state index contributed by atoms with van der Waals surface area (Å²) in [5, 5.41) is 3.04. The zero-order valence-electron chi connectivity index (χ0n) is 12.4. The third kappa shape index (κ3) is 2.78. The van der Waals surface area contributed by atoms with E-state index in [0.717, 1.165) is 5.56 Å². The molecular weight excluding hydrogens is 270 g/mol. The number of nitrogens with one attached hydrogen (secondary N) is 1. The molecule has 2 rings (SSSR count). The third-order valence-corrected chi connectivity index (χ3v) is 3.76. The van der Waals surface area contributed by atoms with Crippen LogP contribution < -0.4 is 5.32 Å². The van der Waals surface area contributed by atoms with Gasteiger partial charge in [-0.05, 0) is 32.4 Å². The van der Waals surface area contributed by atoms with Crippen LogP contribution in [-0.4, -0.2) is 37.2 Å². The maximum absolute atomic E-state index is 12.5. The van der Waals surface area contributed by atoms with E-state index in [1.165, 1.54) is 0 Å². The van der Waals surface area contributed by atoms with Crippen LogP contribution in [0.25, 0.3) is 0 Å². The molecule has 1 heterocycles. The second-order valence-corrected chi connectivity index (χ2v) is 4.93. The molecule has 0 aliphatic carbocycles. The topological polar surface area (TPSA) is 64.6 Å². The van der Waals surface area contributed by atoms with Crippen molar-refractivity contribution >= 4 is 11.9 Å². The molecule has 0 aromatic heterocycles. The maximum Gasteiger partial charge on any atom is 0.338 e. The van der Waals surface area contributed by atoms with Gasteiger partial charge < -0.3 is 9.47 Å². The van der Waals surface area contributed by atoms with Gasteiger partial charge in [-0.1, -0.05) is 30.3 Å². The first-order valence-electron chi connectivity index (χ1n) is 7.31. The molecule has 1 N–H and O–H groups in total. The molecule has 0 bridgehead atoms. The van der Waals surface area contributed by atoms with Crippen LogP contribution in [0.15, 0.2) is 30.3 Å². The molecular formula is C16H21NO4. The van der Waals surface area contributed by atoms with Crippen molar-refractivity contribution in [1.29, 1.82) is 0 Å². The predicted octanol–water partition coefficient (Wildman–Crippen LogP) is 1.63. The monoisotopic (exact) mass is 291 g/mol. The molecule has 0 saturated carbocycles. The molecule has 5 nitrogen and oxygen atoms in total. The lowest BCUT2D eigenvalue weighted by atomic mass is 9.80. The number of rotatable bonds is 5. The summed E-state index contributed by atoms with van der Waals surface area (Å²) in [5.74, 6) is -1.40. The smallest absolute Gasteiger partial charge is 0.338 e. The summed E-state index contributed by atoms with van der Waals surface area (Å²) in [6.07, 6.45) is 0.682. The van der Waals surface area contributed by atoms with Gasteiger partial charge in [-0.2, -0.15) is 0 Å². The summed E-state index contributed by atoms with van der Waals surface area (Å²) in [6, 6.07) is 9.54. The lowest BCUT2D eigenvalue weighted by Gasteiger charge is -2.31. The Kier molecular flexibility index (Phi) is 4.96. The molecule has 1 fully saturated rings. The Bertz CT molecular complexity index is 482. The van der Waals surface area contributed by atoms with Crippen LogP contribution in [0, 0.1) is 0 Å². The highest BCUT2D eigenvalue weighted by molar-refractivity contribution is 6.06. The summed E-state index contributed by atoms with van der Waals surface area (Å²) in [6.45, 7) is 4.47. The van der Waals surface area contributed by atoms with Crippen LogP contribution in [-0.2, 0) is 19.1 Å². The normalized spacial score (nSPS) is 20.0. The SMILES string of the molecule is CCOC(=O)C1(C(=O)OCC)NCCC1c1ccccc1. The second-order valence-electron chi connectivity index (χ2n) is 4.93. The lowest BCUT2D eigenvalue weighted by Crippen LogP contribution is -2.59. The molecule has 1 aliphatic heterocycles. The summed E-state index contributed by atoms with van der Waals surface area (Å²) in [7, 11) is 0. The first-order valence-corrected chi connectivity index (χ1v) is 7.31. The van der Waals surface area contributed by atoms with Crippen molar-refractivity contribution in [1.82, 2.24) is 5.32 Å². The molecule has 1 atom stereocenters. The van der Waals surface area contributed by atoms with E-state index < -0.39 is 17.5 Å². The van der Waals surface area contributed by atoms with Crippen LogP contribution in [0.2, 0.25) is 0 Å². The van der Waals surface area contributed by atoms with E-state index in [1.807, 2.05) is 30.3 Å². The average Bonchev–Trinajstić information content (AvgIpc) is 2.94. The van der Waals surface area contributed by atoms with Crippen LogP contribution in [0.4, 0.5) is 0 Å². The van der Waals surface area contributed by atoms with E-state index in [-0.39, 0.29) is 19.1 Å². The first-order chi connectivity index (χ1) is 10.2. The molecule has 0 spiro atoms. The van der Waals surface area contributed by atoms with Gasteiger partial charge in [0, 0.05) is 5.92 Å². The Morgan fingerprint density at radius 1 is 1.14 bits per heavy atom. The van der Waals surface area contributed by atoms with Crippen molar-refractivity contribution in [3.05, 3.63) is 35.9 Å². The van der Waals surface area contributed by atoms with Gasteiger partial charge in [-0.25, -0.2) is 9.59 Å². The fourth-order valence-corrected chi connectivity index (χ4v) is 2.86. The van der Waals surface area contributed by atoms with Crippen molar-refractivity contribution in [2.45, 2.75) is 31.7 Å². The van der Waals surface area contributed by atoms with Gasteiger partial charge in [0.25, 0.3) is 0 Å². The van der Waals surface area contributed by atoms with Crippen LogP contribution >= 0.6 is 0 Å². The number of hydrogen-bond donors (Lipinski definition) is 1. The molecule has 1 aromatic rings. The highest BCUT2D eigenvalue weighted by atomic mass is 16.6. The van der Waals surface area contributed by atoms with Gasteiger partial charge in [-0.3, -0.25) is 5.32 Å². The number of carbonyl (C=O) groups excluding carboxylic acids is 2. The minimum absolute atomic E-state index is 0.225. The number of carbonyl (C=O) groups is 2. The minimum Gasteiger partial charge on any atom is -0.464 e. The minimum atomic E-state index is -1.44. The molecule has 0 amide bonds. The first kappa shape index (κ1) is 15.5. The van der Waals surface area contributed by atoms with Crippen LogP contribution in [0.5, 0.6) is 0 Å². The van der Waals surface area contributed by atoms with Gasteiger partial charge in [0.2, 0.25) is 5.54 Å². The van der Waals surface area contributed by atoms with Crippen LogP contribution in [0.3, 0.4) is 0 Å². The van der Waals surface area contributed by atoms with Gasteiger partial charge in [-0.15, -0.1) is 0 Å². The molecule has 21 heavy (non-hydrogen) atoms. The van der Waals surface area contributed by atoms with Gasteiger partial charge in [0.05, 0.1) is 13.2 Å². The summed E-state index contributed by atoms with van der Waals surface area (Å²) in [5.41, 5.74) is -0.503. The highest BCUT2D eigenvalue weighted by Crippen LogP contribution is 2.38. The van der Waals surface area contributed by atoms with Crippen LogP contribution in [0.1, 0.15) is 31.7 Å². The van der Waals surface area contributed by atoms with Crippen molar-refractivity contribution in [3.8, 4) is 0 Å². The molecule has 1 aromatic carbocycles. The van der Waals surface area contributed by atoms with Gasteiger partial charge in [0.15, 0.2) is 0 Å². The zero-order valence-corrected chi connectivity index (χ0v) is 12.4. The van der Waals surface area contributed by atoms with Crippen molar-refractivity contribution in [2.75, 3.05) is 19.8 Å². The zero-order chi connectivity index (χ0) is 15.3. The average molecular weight is 291 g/mol. The van der Waals surface area contributed by atoms with E-state index in [9.17, 15) is 9.59 Å². The Morgan fingerprint density at radius 3 is 2.24 bits per heavy atom. The molecule has 1 saturated heterocycles. The molecule has 0 radical (unpaired) electrons. The van der Waals surface area contributed by atoms with Crippen molar-refractivity contribution in [3.63, 3.8) is 0 Å². The molecule has 1 aliphatic rings. The lowest BCUT2D eigenvalue weighted by molar-refractivity contribution is -0.166. The molecule has 1 unspecified atom stereocenters. The Hall–Kier alpha value is -1.88. The summed E-state index contributed by atoms with van der Waals surface area (Å²) < 4.78 is 10.3. The maximum atomic E-state index is 12.5. The van der Waals surface area contributed by atoms with Crippen molar-refractivity contribution < 1.29 is 19.1 Å². The second kappa shape index (κ2) is 6.72. The number of hydrogen-bond acceptors (Lipinski definition) is 5. The van der Waals surface area contributed by atoms with E-state index in [0.29, 0.717) is 13.0 Å². The Morgan fingerprint density at radius 2 is 1.71 bits per heavy atom. The Labute approximate surface area is 124 Å². The number of esters is 2. The van der Waals surface area contributed by atoms with Crippen molar-refractivity contribution in [2.24, 2.45) is 0 Å². The van der Waals surface area contributed by atoms with E-state index in [1.54, 1.807) is 13.8 Å². The molecule has 5 heteroatoms. The van der Waals surface area contributed by atoms with E-state index >= 15 is 0 Å². The largest absolute Gasteiger partial charge is 0.464 e.